The largest absolute Gasteiger partial charge is 0.281 e. The number of hydrogen-bond donors (Lipinski definition) is 0. The zero-order chi connectivity index (χ0) is 22.7. The third-order valence-electron chi connectivity index (χ3n) is 5.36. The highest BCUT2D eigenvalue weighted by Gasteiger charge is 2.44. The smallest absolute Gasteiger partial charge is 0.273 e. The second kappa shape index (κ2) is 7.32. The normalized spacial score (nSPS) is 19.3. The monoisotopic (exact) mass is 466 g/mol. The van der Waals surface area contributed by atoms with Crippen molar-refractivity contribution in [2.24, 2.45) is 0 Å². The molecule has 1 atom stereocenters. The van der Waals surface area contributed by atoms with Gasteiger partial charge in [-0.15, -0.1) is 15.9 Å². The summed E-state index contributed by atoms with van der Waals surface area (Å²) in [6.07, 6.45) is -0.933. The minimum absolute atomic E-state index is 0.00824. The number of halogens is 1. The van der Waals surface area contributed by atoms with Crippen molar-refractivity contribution < 1.29 is 27.7 Å². The summed E-state index contributed by atoms with van der Waals surface area (Å²) in [5, 5.41) is 11.3. The molecule has 0 radical (unpaired) electrons. The summed E-state index contributed by atoms with van der Waals surface area (Å²) < 4.78 is 27.0. The van der Waals surface area contributed by atoms with E-state index in [0.717, 1.165) is 10.4 Å². The van der Waals surface area contributed by atoms with Gasteiger partial charge in [0.15, 0.2) is 0 Å². The van der Waals surface area contributed by atoms with Crippen molar-refractivity contribution in [3.63, 3.8) is 0 Å². The van der Waals surface area contributed by atoms with E-state index in [1.54, 1.807) is 0 Å². The first kappa shape index (κ1) is 21.3. The average Bonchev–Trinajstić information content (AvgIpc) is 3.32. The van der Waals surface area contributed by atoms with Crippen LogP contribution in [0, 0.1) is 17.0 Å². The van der Waals surface area contributed by atoms with Gasteiger partial charge in [-0.1, -0.05) is 0 Å². The zero-order valence-corrected chi connectivity index (χ0v) is 17.6. The van der Waals surface area contributed by atoms with E-state index >= 15 is 0 Å². The van der Waals surface area contributed by atoms with Crippen LogP contribution in [-0.2, 0) is 14.8 Å². The standard InChI is InChI=1S/C18H15ClN4O7S/c1-9-15-16(18(26)22(17(15)25)14(24)8-19)11-7-10(4-5-12(11)20-9)31(29,30)21-6-2-3-13(21)23(27)28/h4-5,7,13H,2-3,6,8H2,1H3. The lowest BCUT2D eigenvalue weighted by Gasteiger charge is -2.18. The van der Waals surface area contributed by atoms with Gasteiger partial charge in [-0.3, -0.25) is 29.5 Å². The molecule has 4 rings (SSSR count). The number of carbonyl (C=O) groups excluding carboxylic acids is 3. The van der Waals surface area contributed by atoms with Crippen molar-refractivity contribution in [3.8, 4) is 0 Å². The van der Waals surface area contributed by atoms with E-state index in [0.29, 0.717) is 11.3 Å². The number of rotatable bonds is 4. The second-order valence-electron chi connectivity index (χ2n) is 7.12. The minimum Gasteiger partial charge on any atom is -0.273 e. The summed E-state index contributed by atoms with van der Waals surface area (Å²) in [4.78, 5) is 52.6. The van der Waals surface area contributed by atoms with Crippen molar-refractivity contribution in [2.45, 2.75) is 30.8 Å². The first-order chi connectivity index (χ1) is 14.6. The summed E-state index contributed by atoms with van der Waals surface area (Å²) in [5.74, 6) is -3.29. The van der Waals surface area contributed by atoms with E-state index in [1.807, 2.05) is 0 Å². The fraction of sp³-hybridized carbons (Fsp3) is 0.333. The first-order valence-electron chi connectivity index (χ1n) is 9.17. The van der Waals surface area contributed by atoms with Gasteiger partial charge in [0.05, 0.1) is 27.2 Å². The molecule has 3 amide bonds. The number of benzene rings is 1. The summed E-state index contributed by atoms with van der Waals surface area (Å²) in [5.41, 5.74) is 0.197. The van der Waals surface area contributed by atoms with E-state index in [9.17, 15) is 32.9 Å². The maximum atomic E-state index is 13.1. The van der Waals surface area contributed by atoms with Crippen molar-refractivity contribution in [1.29, 1.82) is 0 Å². The number of amides is 3. The van der Waals surface area contributed by atoms with Gasteiger partial charge in [0.1, 0.15) is 5.88 Å². The Balaban J connectivity index is 1.90. The number of aromatic nitrogens is 1. The summed E-state index contributed by atoms with van der Waals surface area (Å²) in [6.45, 7) is 1.49. The number of sulfonamides is 1. The maximum absolute atomic E-state index is 13.1. The molecule has 1 aromatic carbocycles. The Morgan fingerprint density at radius 1 is 1.29 bits per heavy atom. The molecule has 0 saturated carbocycles. The second-order valence-corrected chi connectivity index (χ2v) is 9.28. The predicted molar refractivity (Wildman–Crippen MR) is 107 cm³/mol. The number of imide groups is 3. The fourth-order valence-electron chi connectivity index (χ4n) is 3.96. The molecule has 0 N–H and O–H groups in total. The lowest BCUT2D eigenvalue weighted by atomic mass is 10.0. The molecule has 1 aromatic heterocycles. The molecule has 2 aliphatic heterocycles. The van der Waals surface area contributed by atoms with Crippen molar-refractivity contribution in [1.82, 2.24) is 14.2 Å². The van der Waals surface area contributed by atoms with Gasteiger partial charge in [-0.05, 0) is 31.5 Å². The van der Waals surface area contributed by atoms with Gasteiger partial charge in [0.25, 0.3) is 23.9 Å². The van der Waals surface area contributed by atoms with Crippen LogP contribution in [0.15, 0.2) is 23.1 Å². The van der Waals surface area contributed by atoms with Gasteiger partial charge in [0, 0.05) is 23.3 Å². The molecule has 3 heterocycles. The molecule has 0 aliphatic carbocycles. The highest BCUT2D eigenvalue weighted by atomic mass is 35.5. The summed E-state index contributed by atoms with van der Waals surface area (Å²) >= 11 is 5.51. The molecule has 1 unspecified atom stereocenters. The Bertz CT molecular complexity index is 1290. The van der Waals surface area contributed by atoms with Crippen LogP contribution in [0.25, 0.3) is 10.9 Å². The van der Waals surface area contributed by atoms with Crippen LogP contribution in [0.5, 0.6) is 0 Å². The Morgan fingerprint density at radius 3 is 2.61 bits per heavy atom. The molecule has 31 heavy (non-hydrogen) atoms. The number of pyridine rings is 1. The van der Waals surface area contributed by atoms with E-state index in [2.05, 4.69) is 4.98 Å². The first-order valence-corrected chi connectivity index (χ1v) is 11.1. The summed E-state index contributed by atoms with van der Waals surface area (Å²) in [6, 6.07) is 3.76. The van der Waals surface area contributed by atoms with Crippen molar-refractivity contribution in [2.75, 3.05) is 12.4 Å². The predicted octanol–water partition coefficient (Wildman–Crippen LogP) is 1.29. The third kappa shape index (κ3) is 3.09. The van der Waals surface area contributed by atoms with Gasteiger partial charge < -0.3 is 0 Å². The topological polar surface area (TPSA) is 148 Å². The van der Waals surface area contributed by atoms with E-state index < -0.39 is 44.7 Å². The Morgan fingerprint density at radius 2 is 1.97 bits per heavy atom. The Labute approximate surface area is 180 Å². The molecule has 1 saturated heterocycles. The highest BCUT2D eigenvalue weighted by Crippen LogP contribution is 2.34. The molecule has 1 fully saturated rings. The Kier molecular flexibility index (Phi) is 5.03. The van der Waals surface area contributed by atoms with Crippen LogP contribution >= 0.6 is 11.6 Å². The number of nitro groups is 1. The number of carbonyl (C=O) groups is 3. The fourth-order valence-corrected chi connectivity index (χ4v) is 5.73. The lowest BCUT2D eigenvalue weighted by Crippen LogP contribution is -2.40. The highest BCUT2D eigenvalue weighted by molar-refractivity contribution is 7.89. The molecule has 13 heteroatoms. The summed E-state index contributed by atoms with van der Waals surface area (Å²) in [7, 11) is -4.25. The van der Waals surface area contributed by atoms with Gasteiger partial charge in [-0.25, -0.2) is 13.3 Å². The number of alkyl halides is 1. The van der Waals surface area contributed by atoms with Gasteiger partial charge in [-0.2, -0.15) is 0 Å². The molecule has 0 bridgehead atoms. The molecular weight excluding hydrogens is 452 g/mol. The van der Waals surface area contributed by atoms with E-state index in [4.69, 9.17) is 11.6 Å². The zero-order valence-electron chi connectivity index (χ0n) is 16.1. The van der Waals surface area contributed by atoms with Crippen LogP contribution in [0.2, 0.25) is 0 Å². The molecule has 2 aliphatic rings. The van der Waals surface area contributed by atoms with Crippen molar-refractivity contribution >= 4 is 50.2 Å². The molecule has 162 valence electrons. The maximum Gasteiger partial charge on any atom is 0.281 e. The lowest BCUT2D eigenvalue weighted by molar-refractivity contribution is -0.538. The molecule has 0 spiro atoms. The van der Waals surface area contributed by atoms with Crippen LogP contribution in [0.1, 0.15) is 39.3 Å². The quantitative estimate of drug-likeness (QED) is 0.283. The van der Waals surface area contributed by atoms with Crippen LogP contribution in [0.4, 0.5) is 0 Å². The Hall–Kier alpha value is -2.96. The van der Waals surface area contributed by atoms with E-state index in [-0.39, 0.29) is 45.6 Å². The van der Waals surface area contributed by atoms with Crippen LogP contribution in [-0.4, -0.2) is 63.8 Å². The van der Waals surface area contributed by atoms with E-state index in [1.165, 1.54) is 19.1 Å². The third-order valence-corrected chi connectivity index (χ3v) is 7.48. The SMILES string of the molecule is Cc1nc2ccc(S(=O)(=O)N3CCCC3[N+](=O)[O-])cc2c2c1C(=O)N(C(=O)CCl)C2=O. The number of aryl methyl sites for hydroxylation is 1. The average molecular weight is 467 g/mol. The van der Waals surface area contributed by atoms with Crippen LogP contribution in [0.3, 0.4) is 0 Å². The molecular formula is C18H15ClN4O7S. The van der Waals surface area contributed by atoms with Crippen LogP contribution < -0.4 is 0 Å². The number of hydrogen-bond acceptors (Lipinski definition) is 8. The minimum atomic E-state index is -4.25. The number of fused-ring (bicyclic) bond motifs is 3. The molecule has 11 nitrogen and oxygen atoms in total. The van der Waals surface area contributed by atoms with Gasteiger partial charge in [0.2, 0.25) is 10.0 Å². The molecule has 2 aromatic rings. The van der Waals surface area contributed by atoms with Crippen molar-refractivity contribution in [3.05, 3.63) is 45.1 Å². The van der Waals surface area contributed by atoms with Gasteiger partial charge >= 0.3 is 0 Å². The number of nitrogens with zero attached hydrogens (tertiary/aromatic N) is 4.